The molecule has 0 aliphatic rings. The maximum Gasteiger partial charge on any atom is 0.522 e. The summed E-state index contributed by atoms with van der Waals surface area (Å²) in [5, 5.41) is 0. The first-order chi connectivity index (χ1) is 10.1. The van der Waals surface area contributed by atoms with Crippen molar-refractivity contribution in [1.29, 1.82) is 0 Å². The molecule has 5 heteroatoms. The molecule has 1 rings (SSSR count). The number of hydrogen-bond donors (Lipinski definition) is 2. The van der Waals surface area contributed by atoms with Crippen LogP contribution in [0.3, 0.4) is 0 Å². The van der Waals surface area contributed by atoms with Crippen molar-refractivity contribution >= 4 is 9.53 Å². The van der Waals surface area contributed by atoms with E-state index in [9.17, 15) is 0 Å². The second-order valence-corrected chi connectivity index (χ2v) is 10.0. The number of hydrogen-bond acceptors (Lipinski definition) is 4. The maximum atomic E-state index is 9.13. The molecule has 23 heavy (non-hydrogen) atoms. The monoisotopic (exact) mass is 340 g/mol. The third kappa shape index (κ3) is 5.31. The zero-order valence-electron chi connectivity index (χ0n) is 15.9. The van der Waals surface area contributed by atoms with Gasteiger partial charge in [-0.05, 0) is 21.8 Å². The minimum Gasteiger partial charge on any atom is -0.390 e. The molecule has 0 spiro atoms. The molecule has 0 aliphatic heterocycles. The Morgan fingerprint density at radius 1 is 0.739 bits per heavy atom. The molecular formula is C18H32O4Si. The average Bonchev–Trinajstić information content (AvgIpc) is 2.31. The van der Waals surface area contributed by atoms with Crippen LogP contribution in [0.25, 0.3) is 0 Å². The SMILES string of the molecule is CC(C)(C)c1cc(C(C)(C)C)c(OO[SiH](O)O)c(C(C)(C)C)c1. The molecule has 0 aromatic heterocycles. The summed E-state index contributed by atoms with van der Waals surface area (Å²) in [7, 11) is -3.26. The summed E-state index contributed by atoms with van der Waals surface area (Å²) >= 11 is 0. The van der Waals surface area contributed by atoms with Crippen molar-refractivity contribution in [2.24, 2.45) is 0 Å². The lowest BCUT2D eigenvalue weighted by Crippen LogP contribution is -2.26. The van der Waals surface area contributed by atoms with E-state index in [1.807, 2.05) is 0 Å². The first kappa shape index (κ1) is 20.2. The van der Waals surface area contributed by atoms with Gasteiger partial charge in [0.05, 0.1) is 0 Å². The lowest BCUT2D eigenvalue weighted by Gasteiger charge is -2.32. The van der Waals surface area contributed by atoms with Gasteiger partial charge in [-0.2, -0.15) is 4.58 Å². The second-order valence-electron chi connectivity index (χ2n) is 9.16. The molecule has 132 valence electrons. The van der Waals surface area contributed by atoms with Gasteiger partial charge in [0.1, 0.15) is 0 Å². The molecule has 0 bridgehead atoms. The molecule has 0 unspecified atom stereocenters. The van der Waals surface area contributed by atoms with Crippen LogP contribution in [0.4, 0.5) is 0 Å². The minimum atomic E-state index is -3.26. The fourth-order valence-electron chi connectivity index (χ4n) is 2.36. The van der Waals surface area contributed by atoms with E-state index in [-0.39, 0.29) is 16.2 Å². The van der Waals surface area contributed by atoms with Crippen molar-refractivity contribution in [1.82, 2.24) is 0 Å². The Labute approximate surface area is 142 Å². The summed E-state index contributed by atoms with van der Waals surface area (Å²) in [5.41, 5.74) is 2.91. The topological polar surface area (TPSA) is 58.9 Å². The van der Waals surface area contributed by atoms with Crippen LogP contribution in [-0.2, 0) is 20.8 Å². The van der Waals surface area contributed by atoms with Gasteiger partial charge >= 0.3 is 9.53 Å². The van der Waals surface area contributed by atoms with Crippen LogP contribution in [0.5, 0.6) is 5.75 Å². The Morgan fingerprint density at radius 3 is 1.39 bits per heavy atom. The molecule has 1 aromatic rings. The lowest BCUT2D eigenvalue weighted by atomic mass is 9.75. The standard InChI is InChI=1S/C18H32O4Si/c1-16(2,3)12-10-13(17(4,5)6)15(21-22-23(19)20)14(11-12)18(7,8)9/h10-11,19-20,23H,1-9H3. The van der Waals surface area contributed by atoms with Crippen molar-refractivity contribution in [2.75, 3.05) is 0 Å². The molecule has 0 fully saturated rings. The Bertz CT molecular complexity index is 511. The van der Waals surface area contributed by atoms with Gasteiger partial charge in [0, 0.05) is 11.1 Å². The predicted octanol–water partition coefficient (Wildman–Crippen LogP) is 3.59. The van der Waals surface area contributed by atoms with E-state index in [1.54, 1.807) is 0 Å². The Hall–Kier alpha value is -0.883. The predicted molar refractivity (Wildman–Crippen MR) is 95.8 cm³/mol. The van der Waals surface area contributed by atoms with Crippen molar-refractivity contribution in [3.05, 3.63) is 28.8 Å². The van der Waals surface area contributed by atoms with Crippen LogP contribution in [0.1, 0.15) is 79.0 Å². The highest BCUT2D eigenvalue weighted by atomic mass is 28.3. The summed E-state index contributed by atoms with van der Waals surface area (Å²) in [6.45, 7) is 19.2. The van der Waals surface area contributed by atoms with E-state index in [0.717, 1.165) is 11.1 Å². The molecule has 0 amide bonds. The van der Waals surface area contributed by atoms with E-state index in [2.05, 4.69) is 74.4 Å². The maximum absolute atomic E-state index is 9.13. The van der Waals surface area contributed by atoms with Gasteiger partial charge in [-0.3, -0.25) is 0 Å². The molecule has 0 radical (unpaired) electrons. The van der Waals surface area contributed by atoms with Crippen LogP contribution in [-0.4, -0.2) is 19.1 Å². The molecule has 2 N–H and O–H groups in total. The van der Waals surface area contributed by atoms with Gasteiger partial charge in [0.25, 0.3) is 0 Å². The highest BCUT2D eigenvalue weighted by molar-refractivity contribution is 6.32. The van der Waals surface area contributed by atoms with E-state index in [1.165, 1.54) is 5.56 Å². The summed E-state index contributed by atoms with van der Waals surface area (Å²) in [5.74, 6) is 0.596. The van der Waals surface area contributed by atoms with Gasteiger partial charge in [0.15, 0.2) is 5.75 Å². The van der Waals surface area contributed by atoms with Crippen molar-refractivity contribution < 1.29 is 19.1 Å². The van der Waals surface area contributed by atoms with Crippen molar-refractivity contribution in [3.8, 4) is 5.75 Å². The molecule has 0 aliphatic carbocycles. The van der Waals surface area contributed by atoms with E-state index < -0.39 is 9.53 Å². The van der Waals surface area contributed by atoms with E-state index >= 15 is 0 Å². The third-order valence-corrected chi connectivity index (χ3v) is 4.06. The Morgan fingerprint density at radius 2 is 1.13 bits per heavy atom. The normalized spacial score (nSPS) is 13.6. The molecule has 4 nitrogen and oxygen atoms in total. The largest absolute Gasteiger partial charge is 0.522 e. The second kappa shape index (κ2) is 6.55. The summed E-state index contributed by atoms with van der Waals surface area (Å²) in [6.07, 6.45) is 0. The highest BCUT2D eigenvalue weighted by Gasteiger charge is 2.31. The molecule has 0 atom stereocenters. The smallest absolute Gasteiger partial charge is 0.390 e. The summed E-state index contributed by atoms with van der Waals surface area (Å²) in [4.78, 5) is 23.7. The Kier molecular flexibility index (Phi) is 5.74. The molecule has 1 aromatic carbocycles. The highest BCUT2D eigenvalue weighted by Crippen LogP contribution is 2.42. The lowest BCUT2D eigenvalue weighted by molar-refractivity contribution is -0.140. The van der Waals surface area contributed by atoms with E-state index in [0.29, 0.717) is 5.75 Å². The van der Waals surface area contributed by atoms with Gasteiger partial charge in [-0.1, -0.05) is 74.4 Å². The minimum absolute atomic E-state index is 0.00459. The first-order valence-electron chi connectivity index (χ1n) is 8.03. The number of rotatable bonds is 3. The molecule has 0 saturated carbocycles. The quantitative estimate of drug-likeness (QED) is 0.501. The van der Waals surface area contributed by atoms with Crippen LogP contribution < -0.4 is 4.89 Å². The zero-order chi connectivity index (χ0) is 18.2. The fourth-order valence-corrected chi connectivity index (χ4v) is 2.54. The Balaban J connectivity index is 3.68. The van der Waals surface area contributed by atoms with Crippen LogP contribution >= 0.6 is 0 Å². The van der Waals surface area contributed by atoms with E-state index in [4.69, 9.17) is 19.1 Å². The molecule has 0 saturated heterocycles. The molecule has 0 heterocycles. The summed E-state index contributed by atoms with van der Waals surface area (Å²) in [6, 6.07) is 4.28. The van der Waals surface area contributed by atoms with Crippen molar-refractivity contribution in [2.45, 2.75) is 78.6 Å². The van der Waals surface area contributed by atoms with Gasteiger partial charge in [-0.25, -0.2) is 0 Å². The van der Waals surface area contributed by atoms with Crippen LogP contribution in [0.2, 0.25) is 0 Å². The van der Waals surface area contributed by atoms with Gasteiger partial charge in [0.2, 0.25) is 0 Å². The number of benzene rings is 1. The van der Waals surface area contributed by atoms with Crippen LogP contribution in [0, 0.1) is 0 Å². The average molecular weight is 341 g/mol. The zero-order valence-corrected chi connectivity index (χ0v) is 17.1. The summed E-state index contributed by atoms with van der Waals surface area (Å²) < 4.78 is 4.78. The van der Waals surface area contributed by atoms with Gasteiger partial charge < -0.3 is 14.5 Å². The molecular weight excluding hydrogens is 308 g/mol. The first-order valence-corrected chi connectivity index (χ1v) is 9.53. The third-order valence-electron chi connectivity index (χ3n) is 3.79. The van der Waals surface area contributed by atoms with Crippen LogP contribution in [0.15, 0.2) is 12.1 Å². The van der Waals surface area contributed by atoms with Crippen molar-refractivity contribution in [3.63, 3.8) is 0 Å². The van der Waals surface area contributed by atoms with Gasteiger partial charge in [-0.15, -0.1) is 0 Å². The fraction of sp³-hybridized carbons (Fsp3) is 0.667.